The minimum atomic E-state index is -0.347. The topological polar surface area (TPSA) is 29.1 Å². The number of benzene rings is 1. The second-order valence-corrected chi connectivity index (χ2v) is 6.53. The number of amides is 1. The highest BCUT2D eigenvalue weighted by molar-refractivity contribution is 7.20. The molecule has 1 aromatic carbocycles. The predicted molar refractivity (Wildman–Crippen MR) is 78.7 cm³/mol. The highest BCUT2D eigenvalue weighted by atomic mass is 35.5. The first kappa shape index (κ1) is 14.3. The average molecular weight is 300 g/mol. The summed E-state index contributed by atoms with van der Waals surface area (Å²) >= 11 is 7.00. The largest absolute Gasteiger partial charge is 0.346 e. The number of thiophene rings is 1. The summed E-state index contributed by atoms with van der Waals surface area (Å²) in [6, 6.07) is 6.31. The second kappa shape index (κ2) is 5.47. The first-order chi connectivity index (χ1) is 8.91. The zero-order valence-corrected chi connectivity index (χ0v) is 12.4. The standard InChI is InChI=1S/C14H15ClFNOS/c1-14(2,5-6-15)17-13(18)12-7-9-3-4-10(16)8-11(9)19-12/h3-4,7-8H,5-6H2,1-2H3,(H,17,18). The van der Waals surface area contributed by atoms with Gasteiger partial charge in [0.2, 0.25) is 0 Å². The number of nitrogens with one attached hydrogen (secondary N) is 1. The van der Waals surface area contributed by atoms with Crippen molar-refractivity contribution in [2.45, 2.75) is 25.8 Å². The van der Waals surface area contributed by atoms with Crippen LogP contribution in [0.25, 0.3) is 10.1 Å². The zero-order chi connectivity index (χ0) is 14.0. The summed E-state index contributed by atoms with van der Waals surface area (Å²) in [5, 5.41) is 3.82. The maximum absolute atomic E-state index is 13.1. The average Bonchev–Trinajstić information content (AvgIpc) is 2.71. The molecule has 0 unspecified atom stereocenters. The van der Waals surface area contributed by atoms with Gasteiger partial charge in [0.05, 0.1) is 4.88 Å². The molecule has 1 aromatic heterocycles. The fourth-order valence-electron chi connectivity index (χ4n) is 1.78. The Morgan fingerprint density at radius 2 is 2.16 bits per heavy atom. The van der Waals surface area contributed by atoms with Crippen molar-refractivity contribution in [1.29, 1.82) is 0 Å². The van der Waals surface area contributed by atoms with Crippen LogP contribution in [0.2, 0.25) is 0 Å². The third-order valence-electron chi connectivity index (χ3n) is 2.88. The molecule has 0 bridgehead atoms. The highest BCUT2D eigenvalue weighted by Crippen LogP contribution is 2.26. The number of hydrogen-bond donors (Lipinski definition) is 1. The van der Waals surface area contributed by atoms with E-state index in [0.717, 1.165) is 10.1 Å². The Bertz CT molecular complexity index is 609. The molecular weight excluding hydrogens is 285 g/mol. The molecule has 0 saturated heterocycles. The molecule has 2 nitrogen and oxygen atoms in total. The molecule has 19 heavy (non-hydrogen) atoms. The smallest absolute Gasteiger partial charge is 0.261 e. The molecule has 102 valence electrons. The fraction of sp³-hybridized carbons (Fsp3) is 0.357. The molecule has 0 radical (unpaired) electrons. The maximum atomic E-state index is 13.1. The van der Waals surface area contributed by atoms with Gasteiger partial charge in [0.1, 0.15) is 5.82 Å². The van der Waals surface area contributed by atoms with E-state index in [4.69, 9.17) is 11.6 Å². The predicted octanol–water partition coefficient (Wildman–Crippen LogP) is 4.18. The van der Waals surface area contributed by atoms with Gasteiger partial charge in [-0.2, -0.15) is 0 Å². The van der Waals surface area contributed by atoms with Crippen molar-refractivity contribution >= 4 is 38.9 Å². The van der Waals surface area contributed by atoms with Gasteiger partial charge >= 0.3 is 0 Å². The van der Waals surface area contributed by atoms with Crippen molar-refractivity contribution in [2.24, 2.45) is 0 Å². The van der Waals surface area contributed by atoms with E-state index in [9.17, 15) is 9.18 Å². The molecule has 1 heterocycles. The summed E-state index contributed by atoms with van der Waals surface area (Å²) < 4.78 is 13.9. The number of hydrogen-bond acceptors (Lipinski definition) is 2. The van der Waals surface area contributed by atoms with Gasteiger partial charge in [-0.15, -0.1) is 22.9 Å². The monoisotopic (exact) mass is 299 g/mol. The van der Waals surface area contributed by atoms with Gasteiger partial charge in [-0.3, -0.25) is 4.79 Å². The minimum Gasteiger partial charge on any atom is -0.346 e. The van der Waals surface area contributed by atoms with E-state index < -0.39 is 0 Å². The lowest BCUT2D eigenvalue weighted by molar-refractivity contribution is 0.0916. The summed E-state index contributed by atoms with van der Waals surface area (Å²) in [5.41, 5.74) is -0.347. The molecule has 1 N–H and O–H groups in total. The lowest BCUT2D eigenvalue weighted by atomic mass is 10.0. The van der Waals surface area contributed by atoms with Crippen LogP contribution in [0.1, 0.15) is 29.9 Å². The molecule has 2 rings (SSSR count). The first-order valence-electron chi connectivity index (χ1n) is 5.99. The molecule has 2 aromatic rings. The van der Waals surface area contributed by atoms with E-state index in [1.54, 1.807) is 12.1 Å². The van der Waals surface area contributed by atoms with Crippen molar-refractivity contribution in [3.63, 3.8) is 0 Å². The summed E-state index contributed by atoms with van der Waals surface area (Å²) in [4.78, 5) is 12.7. The van der Waals surface area contributed by atoms with Crippen LogP contribution in [-0.2, 0) is 0 Å². The lowest BCUT2D eigenvalue weighted by Crippen LogP contribution is -2.43. The molecule has 1 amide bonds. The fourth-order valence-corrected chi connectivity index (χ4v) is 3.24. The minimum absolute atomic E-state index is 0.142. The third-order valence-corrected chi connectivity index (χ3v) is 4.16. The van der Waals surface area contributed by atoms with Crippen molar-refractivity contribution in [2.75, 3.05) is 5.88 Å². The highest BCUT2D eigenvalue weighted by Gasteiger charge is 2.21. The van der Waals surface area contributed by atoms with Crippen LogP contribution in [-0.4, -0.2) is 17.3 Å². The van der Waals surface area contributed by atoms with Crippen LogP contribution < -0.4 is 5.32 Å². The van der Waals surface area contributed by atoms with Crippen LogP contribution in [0.3, 0.4) is 0 Å². The zero-order valence-electron chi connectivity index (χ0n) is 10.8. The van der Waals surface area contributed by atoms with E-state index in [-0.39, 0.29) is 17.3 Å². The Hall–Kier alpha value is -1.13. The number of halogens is 2. The Morgan fingerprint density at radius 3 is 2.84 bits per heavy atom. The van der Waals surface area contributed by atoms with E-state index in [0.29, 0.717) is 17.2 Å². The molecule has 0 aliphatic heterocycles. The summed E-state index contributed by atoms with van der Waals surface area (Å²) in [7, 11) is 0. The van der Waals surface area contributed by atoms with Crippen LogP contribution in [0.5, 0.6) is 0 Å². The number of carbonyl (C=O) groups excluding carboxylic acids is 1. The lowest BCUT2D eigenvalue weighted by Gasteiger charge is -2.24. The van der Waals surface area contributed by atoms with E-state index in [1.165, 1.54) is 23.5 Å². The molecule has 5 heteroatoms. The van der Waals surface area contributed by atoms with Gasteiger partial charge in [0.15, 0.2) is 0 Å². The van der Waals surface area contributed by atoms with Crippen LogP contribution in [0.4, 0.5) is 4.39 Å². The molecule has 0 aliphatic rings. The Morgan fingerprint density at radius 1 is 1.42 bits per heavy atom. The van der Waals surface area contributed by atoms with Crippen molar-refractivity contribution in [3.05, 3.63) is 35.0 Å². The molecule has 0 saturated carbocycles. The normalized spacial score (nSPS) is 11.8. The maximum Gasteiger partial charge on any atom is 0.261 e. The van der Waals surface area contributed by atoms with E-state index in [1.807, 2.05) is 13.8 Å². The Balaban J connectivity index is 2.22. The molecule has 0 fully saturated rings. The van der Waals surface area contributed by atoms with Gasteiger partial charge in [-0.05, 0) is 43.9 Å². The molecular formula is C14H15ClFNOS. The van der Waals surface area contributed by atoms with Gasteiger partial charge in [-0.25, -0.2) is 4.39 Å². The van der Waals surface area contributed by atoms with Crippen molar-refractivity contribution in [3.8, 4) is 0 Å². The van der Waals surface area contributed by atoms with Crippen molar-refractivity contribution < 1.29 is 9.18 Å². The molecule has 0 spiro atoms. The second-order valence-electron chi connectivity index (χ2n) is 5.07. The van der Waals surface area contributed by atoms with Crippen LogP contribution >= 0.6 is 22.9 Å². The number of rotatable bonds is 4. The Kier molecular flexibility index (Phi) is 4.11. The number of carbonyl (C=O) groups is 1. The van der Waals surface area contributed by atoms with Crippen LogP contribution in [0, 0.1) is 5.82 Å². The third kappa shape index (κ3) is 3.45. The Labute approximate surface area is 120 Å². The number of alkyl halides is 1. The van der Waals surface area contributed by atoms with Gasteiger partial charge in [0.25, 0.3) is 5.91 Å². The summed E-state index contributed by atoms with van der Waals surface area (Å²) in [5.74, 6) is 0.0609. The van der Waals surface area contributed by atoms with Gasteiger partial charge in [-0.1, -0.05) is 6.07 Å². The SMILES string of the molecule is CC(C)(CCCl)NC(=O)c1cc2ccc(F)cc2s1. The first-order valence-corrected chi connectivity index (χ1v) is 7.34. The van der Waals surface area contributed by atoms with Gasteiger partial charge in [0, 0.05) is 16.1 Å². The molecule has 0 aliphatic carbocycles. The number of fused-ring (bicyclic) bond motifs is 1. The van der Waals surface area contributed by atoms with E-state index >= 15 is 0 Å². The van der Waals surface area contributed by atoms with Crippen LogP contribution in [0.15, 0.2) is 24.3 Å². The van der Waals surface area contributed by atoms with Crippen molar-refractivity contribution in [1.82, 2.24) is 5.32 Å². The van der Waals surface area contributed by atoms with E-state index in [2.05, 4.69) is 5.32 Å². The quantitative estimate of drug-likeness (QED) is 0.843. The summed E-state index contributed by atoms with van der Waals surface area (Å²) in [6.07, 6.45) is 0.694. The molecule has 0 atom stereocenters. The summed E-state index contributed by atoms with van der Waals surface area (Å²) in [6.45, 7) is 3.86. The van der Waals surface area contributed by atoms with Gasteiger partial charge < -0.3 is 5.32 Å².